The van der Waals surface area contributed by atoms with Gasteiger partial charge in [-0.25, -0.2) is 0 Å². The molecule has 2 aromatic carbocycles. The van der Waals surface area contributed by atoms with Crippen molar-refractivity contribution in [1.29, 1.82) is 0 Å². The van der Waals surface area contributed by atoms with Crippen molar-refractivity contribution in [2.45, 2.75) is 26.6 Å². The first-order chi connectivity index (χ1) is 12.6. The Kier molecular flexibility index (Phi) is 7.02. The molecule has 0 aliphatic rings. The summed E-state index contributed by atoms with van der Waals surface area (Å²) in [7, 11) is 2.95. The third kappa shape index (κ3) is 4.99. The summed E-state index contributed by atoms with van der Waals surface area (Å²) in [6.07, 6.45) is 0.0423. The largest absolute Gasteiger partial charge is 0.487 e. The van der Waals surface area contributed by atoms with Gasteiger partial charge in [-0.05, 0) is 31.5 Å². The van der Waals surface area contributed by atoms with Crippen LogP contribution in [-0.2, 0) is 16.2 Å². The van der Waals surface area contributed by atoms with Crippen LogP contribution in [0, 0.1) is 0 Å². The SMILES string of the molecule is CNC(=O)/C(=N/OC)c1ccccc1COc1ccccc1OC(C)C. The second-order valence-corrected chi connectivity index (χ2v) is 5.76. The molecule has 0 aliphatic heterocycles. The fourth-order valence-corrected chi connectivity index (χ4v) is 2.38. The van der Waals surface area contributed by atoms with Crippen LogP contribution in [0.3, 0.4) is 0 Å². The predicted octanol–water partition coefficient (Wildman–Crippen LogP) is 3.15. The van der Waals surface area contributed by atoms with Gasteiger partial charge in [-0.2, -0.15) is 0 Å². The Labute approximate surface area is 153 Å². The Balaban J connectivity index is 2.27. The Morgan fingerprint density at radius 3 is 2.38 bits per heavy atom. The van der Waals surface area contributed by atoms with Crippen LogP contribution in [-0.4, -0.2) is 31.9 Å². The summed E-state index contributed by atoms with van der Waals surface area (Å²) < 4.78 is 11.7. The lowest BCUT2D eigenvalue weighted by atomic mass is 10.0. The molecule has 2 aromatic rings. The number of benzene rings is 2. The van der Waals surface area contributed by atoms with Gasteiger partial charge in [-0.15, -0.1) is 0 Å². The lowest BCUT2D eigenvalue weighted by molar-refractivity contribution is -0.114. The molecule has 0 spiro atoms. The van der Waals surface area contributed by atoms with Crippen molar-refractivity contribution in [2.24, 2.45) is 5.16 Å². The zero-order valence-corrected chi connectivity index (χ0v) is 15.5. The lowest BCUT2D eigenvalue weighted by Crippen LogP contribution is -2.29. The normalized spacial score (nSPS) is 11.2. The van der Waals surface area contributed by atoms with E-state index in [9.17, 15) is 4.79 Å². The number of hydrogen-bond acceptors (Lipinski definition) is 5. The summed E-state index contributed by atoms with van der Waals surface area (Å²) in [5, 5.41) is 6.43. The smallest absolute Gasteiger partial charge is 0.273 e. The maximum absolute atomic E-state index is 12.1. The standard InChI is InChI=1S/C20H24N2O4/c1-14(2)26-18-12-8-7-11-17(18)25-13-15-9-5-6-10-16(15)19(22-24-4)20(23)21-3/h5-12,14H,13H2,1-4H3,(H,21,23)/b22-19+. The molecule has 0 heterocycles. The minimum atomic E-state index is -0.331. The van der Waals surface area contributed by atoms with E-state index in [2.05, 4.69) is 10.5 Å². The van der Waals surface area contributed by atoms with Gasteiger partial charge in [-0.1, -0.05) is 41.6 Å². The molecule has 0 saturated carbocycles. The molecule has 2 rings (SSSR count). The number of ether oxygens (including phenoxy) is 2. The van der Waals surface area contributed by atoms with E-state index in [1.165, 1.54) is 7.11 Å². The zero-order chi connectivity index (χ0) is 18.9. The highest BCUT2D eigenvalue weighted by Gasteiger charge is 2.18. The number of rotatable bonds is 8. The molecular weight excluding hydrogens is 332 g/mol. The maximum Gasteiger partial charge on any atom is 0.273 e. The summed E-state index contributed by atoms with van der Waals surface area (Å²) in [6, 6.07) is 14.9. The number of likely N-dealkylation sites (N-methyl/N-ethyl adjacent to an activating group) is 1. The first kappa shape index (κ1) is 19.3. The van der Waals surface area contributed by atoms with Crippen LogP contribution in [0.5, 0.6) is 11.5 Å². The van der Waals surface area contributed by atoms with Crippen molar-refractivity contribution in [3.63, 3.8) is 0 Å². The van der Waals surface area contributed by atoms with Gasteiger partial charge >= 0.3 is 0 Å². The summed E-state index contributed by atoms with van der Waals surface area (Å²) in [4.78, 5) is 16.9. The number of hydrogen-bond donors (Lipinski definition) is 1. The van der Waals surface area contributed by atoms with E-state index in [0.717, 1.165) is 5.56 Å². The van der Waals surface area contributed by atoms with E-state index in [1.807, 2.05) is 62.4 Å². The minimum Gasteiger partial charge on any atom is -0.487 e. The molecule has 6 nitrogen and oxygen atoms in total. The molecule has 0 unspecified atom stereocenters. The highest BCUT2D eigenvalue weighted by atomic mass is 16.6. The first-order valence-corrected chi connectivity index (χ1v) is 8.36. The Bertz CT molecular complexity index is 772. The van der Waals surface area contributed by atoms with Gasteiger partial charge in [0.1, 0.15) is 13.7 Å². The van der Waals surface area contributed by atoms with Crippen molar-refractivity contribution in [3.8, 4) is 11.5 Å². The van der Waals surface area contributed by atoms with Gasteiger partial charge in [0.2, 0.25) is 0 Å². The van der Waals surface area contributed by atoms with Gasteiger partial charge in [0.15, 0.2) is 17.2 Å². The van der Waals surface area contributed by atoms with Crippen LogP contribution in [0.1, 0.15) is 25.0 Å². The molecule has 0 fully saturated rings. The Hall–Kier alpha value is -3.02. The average molecular weight is 356 g/mol. The molecule has 0 atom stereocenters. The van der Waals surface area contributed by atoms with Gasteiger partial charge in [0.05, 0.1) is 6.10 Å². The molecule has 26 heavy (non-hydrogen) atoms. The van der Waals surface area contributed by atoms with Crippen molar-refractivity contribution in [2.75, 3.05) is 14.2 Å². The topological polar surface area (TPSA) is 69.2 Å². The van der Waals surface area contributed by atoms with E-state index >= 15 is 0 Å². The first-order valence-electron chi connectivity index (χ1n) is 8.36. The van der Waals surface area contributed by atoms with Crippen LogP contribution >= 0.6 is 0 Å². The van der Waals surface area contributed by atoms with Crippen LogP contribution < -0.4 is 14.8 Å². The Morgan fingerprint density at radius 1 is 1.08 bits per heavy atom. The monoisotopic (exact) mass is 356 g/mol. The average Bonchev–Trinajstić information content (AvgIpc) is 2.65. The number of carbonyl (C=O) groups excluding carboxylic acids is 1. The molecule has 0 bridgehead atoms. The van der Waals surface area contributed by atoms with Crippen LogP contribution in [0.4, 0.5) is 0 Å². The zero-order valence-electron chi connectivity index (χ0n) is 15.5. The maximum atomic E-state index is 12.1. The van der Waals surface area contributed by atoms with Crippen molar-refractivity contribution in [1.82, 2.24) is 5.32 Å². The van der Waals surface area contributed by atoms with Crippen molar-refractivity contribution >= 4 is 11.6 Å². The summed E-state index contributed by atoms with van der Waals surface area (Å²) >= 11 is 0. The summed E-state index contributed by atoms with van der Waals surface area (Å²) in [5.74, 6) is 0.987. The lowest BCUT2D eigenvalue weighted by Gasteiger charge is -2.16. The Morgan fingerprint density at radius 2 is 1.73 bits per heavy atom. The molecule has 1 amide bonds. The molecule has 1 N–H and O–H groups in total. The second kappa shape index (κ2) is 9.46. The van der Waals surface area contributed by atoms with Gasteiger partial charge in [-0.3, -0.25) is 4.79 Å². The molecular formula is C20H24N2O4. The summed E-state index contributed by atoms with van der Waals surface area (Å²) in [5.41, 5.74) is 1.66. The van der Waals surface area contributed by atoms with Crippen molar-refractivity contribution < 1.29 is 19.1 Å². The molecule has 6 heteroatoms. The molecule has 138 valence electrons. The fourth-order valence-electron chi connectivity index (χ4n) is 2.38. The molecule has 0 aromatic heterocycles. The predicted molar refractivity (Wildman–Crippen MR) is 101 cm³/mol. The number of oxime groups is 1. The third-order valence-corrected chi connectivity index (χ3v) is 3.49. The van der Waals surface area contributed by atoms with Crippen molar-refractivity contribution in [3.05, 3.63) is 59.7 Å². The second-order valence-electron chi connectivity index (χ2n) is 5.76. The number of carbonyl (C=O) groups is 1. The highest BCUT2D eigenvalue weighted by molar-refractivity contribution is 6.45. The quantitative estimate of drug-likeness (QED) is 0.583. The van der Waals surface area contributed by atoms with Crippen LogP contribution in [0.25, 0.3) is 0 Å². The highest BCUT2D eigenvalue weighted by Crippen LogP contribution is 2.28. The fraction of sp³-hybridized carbons (Fsp3) is 0.300. The minimum absolute atomic E-state index is 0.0423. The third-order valence-electron chi connectivity index (χ3n) is 3.49. The summed E-state index contributed by atoms with van der Waals surface area (Å²) in [6.45, 7) is 4.18. The van der Waals surface area contributed by atoms with Gasteiger partial charge in [0, 0.05) is 12.6 Å². The molecule has 0 aliphatic carbocycles. The molecule has 0 saturated heterocycles. The number of nitrogens with one attached hydrogen (secondary N) is 1. The van der Waals surface area contributed by atoms with Crippen LogP contribution in [0.15, 0.2) is 53.7 Å². The number of amides is 1. The van der Waals surface area contributed by atoms with E-state index in [1.54, 1.807) is 7.05 Å². The van der Waals surface area contributed by atoms with E-state index in [0.29, 0.717) is 17.1 Å². The van der Waals surface area contributed by atoms with Crippen LogP contribution in [0.2, 0.25) is 0 Å². The molecule has 0 radical (unpaired) electrons. The number of nitrogens with zero attached hydrogens (tertiary/aromatic N) is 1. The van der Waals surface area contributed by atoms with E-state index in [-0.39, 0.29) is 24.3 Å². The van der Waals surface area contributed by atoms with E-state index < -0.39 is 0 Å². The van der Waals surface area contributed by atoms with Gasteiger partial charge < -0.3 is 19.6 Å². The van der Waals surface area contributed by atoms with Gasteiger partial charge in [0.25, 0.3) is 5.91 Å². The van der Waals surface area contributed by atoms with E-state index in [4.69, 9.17) is 14.3 Å². The number of para-hydroxylation sites is 2.